The maximum atomic E-state index is 12.8. The van der Waals surface area contributed by atoms with Crippen molar-refractivity contribution >= 4 is 23.2 Å². The number of ether oxygens (including phenoxy) is 1. The average molecular weight is 435 g/mol. The third-order valence-corrected chi connectivity index (χ3v) is 5.80. The van der Waals surface area contributed by atoms with Gasteiger partial charge in [-0.05, 0) is 56.2 Å². The topological polar surface area (TPSA) is 115 Å². The van der Waals surface area contributed by atoms with Crippen LogP contribution in [0.15, 0.2) is 48.5 Å². The smallest absolute Gasteiger partial charge is 0.278 e. The normalized spacial score (nSPS) is 14.2. The van der Waals surface area contributed by atoms with Gasteiger partial charge in [0, 0.05) is 36.4 Å². The zero-order valence-electron chi connectivity index (χ0n) is 18.1. The number of benzene rings is 2. The summed E-state index contributed by atoms with van der Waals surface area (Å²) in [7, 11) is 1.60. The monoisotopic (exact) mass is 434 g/mol. The Morgan fingerprint density at radius 3 is 2.47 bits per heavy atom. The number of hydrogen-bond donors (Lipinski definition) is 2. The molecule has 2 amide bonds. The highest BCUT2D eigenvalue weighted by Gasteiger charge is 2.23. The second-order valence-electron chi connectivity index (χ2n) is 7.80. The van der Waals surface area contributed by atoms with Crippen molar-refractivity contribution in [2.45, 2.75) is 19.8 Å². The average Bonchev–Trinajstić information content (AvgIpc) is 3.21. The molecule has 4 rings (SSSR count). The molecule has 9 heteroatoms. The maximum absolute atomic E-state index is 12.8. The van der Waals surface area contributed by atoms with Crippen LogP contribution in [0.4, 0.5) is 11.4 Å². The van der Waals surface area contributed by atoms with Gasteiger partial charge < -0.3 is 20.7 Å². The summed E-state index contributed by atoms with van der Waals surface area (Å²) in [6.07, 6.45) is 1.52. The van der Waals surface area contributed by atoms with Crippen LogP contribution in [0.3, 0.4) is 0 Å². The van der Waals surface area contributed by atoms with E-state index in [0.717, 1.165) is 37.3 Å². The number of nitrogens with zero attached hydrogens (tertiary/aromatic N) is 4. The standard InChI is InChI=1S/C23H26N6O3/c1-15-21(26-27-29(15)19-4-3-5-20(14-19)32-2)23(31)25-17-6-8-18(9-7-17)28-12-10-16(11-13-28)22(24)30/h3-9,14,16H,10-13H2,1-2H3,(H2,24,30)(H,25,31). The molecule has 166 valence electrons. The Labute approximate surface area is 186 Å². The number of anilines is 2. The third-order valence-electron chi connectivity index (χ3n) is 5.80. The maximum Gasteiger partial charge on any atom is 0.278 e. The van der Waals surface area contributed by atoms with E-state index in [9.17, 15) is 9.59 Å². The Morgan fingerprint density at radius 1 is 1.09 bits per heavy atom. The molecular formula is C23H26N6O3. The van der Waals surface area contributed by atoms with E-state index in [0.29, 0.717) is 17.1 Å². The molecule has 3 N–H and O–H groups in total. The van der Waals surface area contributed by atoms with Crippen molar-refractivity contribution in [3.05, 3.63) is 59.9 Å². The molecule has 9 nitrogen and oxygen atoms in total. The first-order valence-electron chi connectivity index (χ1n) is 10.5. The van der Waals surface area contributed by atoms with E-state index in [1.54, 1.807) is 18.7 Å². The molecule has 0 radical (unpaired) electrons. The molecule has 0 spiro atoms. The molecule has 0 aliphatic carbocycles. The predicted molar refractivity (Wildman–Crippen MR) is 121 cm³/mol. The number of rotatable bonds is 6. The summed E-state index contributed by atoms with van der Waals surface area (Å²) < 4.78 is 6.86. The lowest BCUT2D eigenvalue weighted by Gasteiger charge is -2.32. The molecule has 1 aliphatic rings. The lowest BCUT2D eigenvalue weighted by molar-refractivity contribution is -0.122. The molecule has 0 atom stereocenters. The number of methoxy groups -OCH3 is 1. The number of nitrogens with one attached hydrogen (secondary N) is 1. The minimum Gasteiger partial charge on any atom is -0.497 e. The van der Waals surface area contributed by atoms with Crippen molar-refractivity contribution in [1.82, 2.24) is 15.0 Å². The van der Waals surface area contributed by atoms with Crippen molar-refractivity contribution in [3.63, 3.8) is 0 Å². The fourth-order valence-electron chi connectivity index (χ4n) is 3.89. The van der Waals surface area contributed by atoms with Crippen LogP contribution < -0.4 is 20.7 Å². The lowest BCUT2D eigenvalue weighted by atomic mass is 9.96. The van der Waals surface area contributed by atoms with E-state index in [2.05, 4.69) is 20.5 Å². The van der Waals surface area contributed by atoms with Gasteiger partial charge in [0.2, 0.25) is 5.91 Å². The molecule has 0 unspecified atom stereocenters. The molecule has 1 fully saturated rings. The van der Waals surface area contributed by atoms with Crippen LogP contribution >= 0.6 is 0 Å². The fraction of sp³-hybridized carbons (Fsp3) is 0.304. The number of hydrogen-bond acceptors (Lipinski definition) is 6. The summed E-state index contributed by atoms with van der Waals surface area (Å²) >= 11 is 0. The lowest BCUT2D eigenvalue weighted by Crippen LogP contribution is -2.38. The third kappa shape index (κ3) is 4.41. The summed E-state index contributed by atoms with van der Waals surface area (Å²) in [5, 5.41) is 11.1. The first-order chi connectivity index (χ1) is 15.5. The first-order valence-corrected chi connectivity index (χ1v) is 10.5. The summed E-state index contributed by atoms with van der Waals surface area (Å²) in [6.45, 7) is 3.37. The van der Waals surface area contributed by atoms with Crippen molar-refractivity contribution in [2.75, 3.05) is 30.4 Å². The largest absolute Gasteiger partial charge is 0.497 e. The Kier molecular flexibility index (Phi) is 6.07. The van der Waals surface area contributed by atoms with Crippen LogP contribution in [0.5, 0.6) is 5.75 Å². The van der Waals surface area contributed by atoms with Gasteiger partial charge in [-0.15, -0.1) is 5.10 Å². The number of primary amides is 1. The molecule has 32 heavy (non-hydrogen) atoms. The summed E-state index contributed by atoms with van der Waals surface area (Å²) in [5.41, 5.74) is 8.77. The quantitative estimate of drug-likeness (QED) is 0.616. The van der Waals surface area contributed by atoms with E-state index in [1.165, 1.54) is 0 Å². The van der Waals surface area contributed by atoms with Crippen LogP contribution in [0.1, 0.15) is 29.0 Å². The van der Waals surface area contributed by atoms with Gasteiger partial charge in [0.25, 0.3) is 5.91 Å². The highest BCUT2D eigenvalue weighted by atomic mass is 16.5. The molecule has 1 aliphatic heterocycles. The van der Waals surface area contributed by atoms with Crippen LogP contribution in [0.2, 0.25) is 0 Å². The molecule has 2 heterocycles. The highest BCUT2D eigenvalue weighted by molar-refractivity contribution is 6.03. The van der Waals surface area contributed by atoms with E-state index in [4.69, 9.17) is 10.5 Å². The number of aromatic nitrogens is 3. The van der Waals surface area contributed by atoms with Gasteiger partial charge >= 0.3 is 0 Å². The Bertz CT molecular complexity index is 1120. The van der Waals surface area contributed by atoms with Gasteiger partial charge in [0.05, 0.1) is 18.5 Å². The van der Waals surface area contributed by atoms with Crippen LogP contribution in [0.25, 0.3) is 5.69 Å². The van der Waals surface area contributed by atoms with E-state index in [1.807, 2.05) is 48.5 Å². The minimum atomic E-state index is -0.327. The summed E-state index contributed by atoms with van der Waals surface area (Å²) in [5.74, 6) is 0.105. The van der Waals surface area contributed by atoms with Gasteiger partial charge in [-0.25, -0.2) is 4.68 Å². The predicted octanol–water partition coefficient (Wildman–Crippen LogP) is 2.54. The molecule has 1 aromatic heterocycles. The van der Waals surface area contributed by atoms with Crippen LogP contribution in [-0.4, -0.2) is 47.0 Å². The molecule has 0 bridgehead atoms. The summed E-state index contributed by atoms with van der Waals surface area (Å²) in [4.78, 5) is 26.3. The second kappa shape index (κ2) is 9.09. The second-order valence-corrected chi connectivity index (χ2v) is 7.80. The number of amides is 2. The van der Waals surface area contributed by atoms with Gasteiger partial charge in [0.15, 0.2) is 5.69 Å². The Balaban J connectivity index is 1.42. The molecular weight excluding hydrogens is 408 g/mol. The number of nitrogens with two attached hydrogens (primary N) is 1. The van der Waals surface area contributed by atoms with Crippen molar-refractivity contribution < 1.29 is 14.3 Å². The van der Waals surface area contributed by atoms with Crippen molar-refractivity contribution in [1.29, 1.82) is 0 Å². The molecule has 1 saturated heterocycles. The number of piperidine rings is 1. The highest BCUT2D eigenvalue weighted by Crippen LogP contribution is 2.25. The van der Waals surface area contributed by atoms with Gasteiger partial charge in [-0.2, -0.15) is 0 Å². The van der Waals surface area contributed by atoms with Crippen LogP contribution in [0, 0.1) is 12.8 Å². The fourth-order valence-corrected chi connectivity index (χ4v) is 3.89. The SMILES string of the molecule is COc1cccc(-n2nnc(C(=O)Nc3ccc(N4CCC(C(N)=O)CC4)cc3)c2C)c1. The van der Waals surface area contributed by atoms with Crippen molar-refractivity contribution in [3.8, 4) is 11.4 Å². The zero-order valence-corrected chi connectivity index (χ0v) is 18.1. The van der Waals surface area contributed by atoms with E-state index in [-0.39, 0.29) is 23.4 Å². The first kappa shape index (κ1) is 21.4. The zero-order chi connectivity index (χ0) is 22.7. The van der Waals surface area contributed by atoms with E-state index >= 15 is 0 Å². The number of carbonyl (C=O) groups excluding carboxylic acids is 2. The van der Waals surface area contributed by atoms with E-state index < -0.39 is 0 Å². The summed E-state index contributed by atoms with van der Waals surface area (Å²) in [6, 6.07) is 15.0. The molecule has 3 aromatic rings. The Hall–Kier alpha value is -3.88. The van der Waals surface area contributed by atoms with Gasteiger partial charge in [-0.3, -0.25) is 9.59 Å². The van der Waals surface area contributed by atoms with Gasteiger partial charge in [-0.1, -0.05) is 11.3 Å². The molecule has 2 aromatic carbocycles. The van der Waals surface area contributed by atoms with Crippen LogP contribution in [-0.2, 0) is 4.79 Å². The molecule has 0 saturated carbocycles. The number of carbonyl (C=O) groups is 2. The minimum absolute atomic E-state index is 0.0431. The van der Waals surface area contributed by atoms with Gasteiger partial charge in [0.1, 0.15) is 5.75 Å². The Morgan fingerprint density at radius 2 is 1.81 bits per heavy atom. The van der Waals surface area contributed by atoms with Crippen molar-refractivity contribution in [2.24, 2.45) is 11.7 Å².